The molecule has 2 aliphatic rings. The first kappa shape index (κ1) is 17.0. The largest absolute Gasteiger partial charge is 0.494 e. The number of benzene rings is 1. The van der Waals surface area contributed by atoms with Crippen LogP contribution in [-0.2, 0) is 33.6 Å². The fourth-order valence-corrected chi connectivity index (χ4v) is 3.19. The number of ether oxygens (including phenoxy) is 1. The zero-order valence-electron chi connectivity index (χ0n) is 15.2. The van der Waals surface area contributed by atoms with Gasteiger partial charge in [0.15, 0.2) is 0 Å². The average molecular weight is 317 g/mol. The molecule has 0 unspecified atom stereocenters. The second-order valence-electron chi connectivity index (χ2n) is 7.95. The predicted molar refractivity (Wildman–Crippen MR) is 92.9 cm³/mol. The first-order valence-electron chi connectivity index (χ1n) is 8.42. The third-order valence-corrected chi connectivity index (χ3v) is 5.23. The molecule has 1 aromatic rings. The first-order chi connectivity index (χ1) is 10.7. The summed E-state index contributed by atoms with van der Waals surface area (Å²) in [5.74, 6) is 0. The maximum atomic E-state index is 6.23. The van der Waals surface area contributed by atoms with Gasteiger partial charge < -0.3 is 18.9 Å². The van der Waals surface area contributed by atoms with E-state index in [2.05, 4.69) is 58.8 Å². The zero-order valence-corrected chi connectivity index (χ0v) is 15.2. The van der Waals surface area contributed by atoms with Crippen LogP contribution in [0.25, 0.3) is 0 Å². The normalized spacial score (nSPS) is 22.5. The van der Waals surface area contributed by atoms with Gasteiger partial charge >= 0.3 is 7.12 Å². The van der Waals surface area contributed by atoms with Crippen LogP contribution in [-0.4, -0.2) is 43.9 Å². The smallest absolute Gasteiger partial charge is 0.399 e. The molecule has 23 heavy (non-hydrogen) atoms. The van der Waals surface area contributed by atoms with Crippen molar-refractivity contribution in [1.29, 1.82) is 0 Å². The summed E-state index contributed by atoms with van der Waals surface area (Å²) in [6.07, 6.45) is 0.961. The Kier molecular flexibility index (Phi) is 4.34. The molecule has 1 fully saturated rings. The molecule has 3 rings (SSSR count). The molecule has 0 atom stereocenters. The highest BCUT2D eigenvalue weighted by Crippen LogP contribution is 2.36. The fraction of sp³-hybridized carbons (Fsp3) is 0.667. The number of fused-ring (bicyclic) bond motifs is 1. The van der Waals surface area contributed by atoms with Crippen molar-refractivity contribution in [2.45, 2.75) is 58.5 Å². The molecule has 2 heterocycles. The monoisotopic (exact) mass is 317 g/mol. The molecule has 1 aromatic carbocycles. The highest BCUT2D eigenvalue weighted by atomic mass is 16.7. The van der Waals surface area contributed by atoms with Gasteiger partial charge in [-0.2, -0.15) is 0 Å². The fourth-order valence-electron chi connectivity index (χ4n) is 3.19. The molecular weight excluding hydrogens is 289 g/mol. The Morgan fingerprint density at radius 3 is 2.35 bits per heavy atom. The van der Waals surface area contributed by atoms with Crippen LogP contribution in [0, 0.1) is 0 Å². The molecule has 0 saturated carbocycles. The lowest BCUT2D eigenvalue weighted by atomic mass is 9.76. The van der Waals surface area contributed by atoms with E-state index in [0.717, 1.165) is 25.0 Å². The minimum atomic E-state index is -0.307. The van der Waals surface area contributed by atoms with Gasteiger partial charge in [0, 0.05) is 6.54 Å². The van der Waals surface area contributed by atoms with Crippen molar-refractivity contribution in [3.8, 4) is 0 Å². The summed E-state index contributed by atoms with van der Waals surface area (Å²) in [6.45, 7) is 10.8. The van der Waals surface area contributed by atoms with Gasteiger partial charge in [-0.05, 0) is 70.4 Å². The molecule has 0 radical (unpaired) electrons. The molecule has 2 aliphatic heterocycles. The molecule has 0 aromatic heterocycles. The van der Waals surface area contributed by atoms with Crippen LogP contribution in [0.4, 0.5) is 0 Å². The maximum Gasteiger partial charge on any atom is 0.494 e. The van der Waals surface area contributed by atoms with E-state index in [1.807, 2.05) is 0 Å². The SMILES string of the molecule is CN(C)Cc1cc(B2OC(C)(C)C(C)(C)O2)cc2c1COCC2. The minimum Gasteiger partial charge on any atom is -0.399 e. The summed E-state index contributed by atoms with van der Waals surface area (Å²) in [5.41, 5.74) is 4.54. The van der Waals surface area contributed by atoms with Crippen LogP contribution in [0.2, 0.25) is 0 Å². The Balaban J connectivity index is 1.97. The lowest BCUT2D eigenvalue weighted by Gasteiger charge is -2.32. The number of hydrogen-bond acceptors (Lipinski definition) is 4. The lowest BCUT2D eigenvalue weighted by Crippen LogP contribution is -2.41. The van der Waals surface area contributed by atoms with Gasteiger partial charge in [-0.25, -0.2) is 0 Å². The Morgan fingerprint density at radius 2 is 1.74 bits per heavy atom. The Hall–Kier alpha value is -0.875. The van der Waals surface area contributed by atoms with Crippen LogP contribution >= 0.6 is 0 Å². The van der Waals surface area contributed by atoms with Crippen LogP contribution in [0.15, 0.2) is 12.1 Å². The molecule has 0 spiro atoms. The van der Waals surface area contributed by atoms with Gasteiger partial charge in [0.05, 0.1) is 24.4 Å². The van der Waals surface area contributed by atoms with E-state index >= 15 is 0 Å². The molecule has 4 nitrogen and oxygen atoms in total. The van der Waals surface area contributed by atoms with Crippen molar-refractivity contribution < 1.29 is 14.0 Å². The maximum absolute atomic E-state index is 6.23. The highest BCUT2D eigenvalue weighted by Gasteiger charge is 2.51. The van der Waals surface area contributed by atoms with Crippen LogP contribution in [0.1, 0.15) is 44.4 Å². The van der Waals surface area contributed by atoms with Crippen molar-refractivity contribution in [2.24, 2.45) is 0 Å². The Labute approximate surface area is 140 Å². The van der Waals surface area contributed by atoms with Gasteiger partial charge in [0.2, 0.25) is 0 Å². The summed E-state index contributed by atoms with van der Waals surface area (Å²) < 4.78 is 18.1. The summed E-state index contributed by atoms with van der Waals surface area (Å²) in [5, 5.41) is 0. The second kappa shape index (κ2) is 5.89. The minimum absolute atomic E-state index is 0.297. The van der Waals surface area contributed by atoms with E-state index in [4.69, 9.17) is 14.0 Å². The average Bonchev–Trinajstić information content (AvgIpc) is 2.67. The van der Waals surface area contributed by atoms with E-state index in [-0.39, 0.29) is 18.3 Å². The van der Waals surface area contributed by atoms with E-state index in [1.54, 1.807) is 0 Å². The predicted octanol–water partition coefficient (Wildman–Crippen LogP) is 2.12. The van der Waals surface area contributed by atoms with Gasteiger partial charge in [-0.15, -0.1) is 0 Å². The molecule has 0 N–H and O–H groups in total. The van der Waals surface area contributed by atoms with E-state index in [9.17, 15) is 0 Å². The third kappa shape index (κ3) is 3.20. The van der Waals surface area contributed by atoms with Crippen LogP contribution in [0.3, 0.4) is 0 Å². The lowest BCUT2D eigenvalue weighted by molar-refractivity contribution is 0.00578. The van der Waals surface area contributed by atoms with E-state index < -0.39 is 0 Å². The number of nitrogens with zero attached hydrogens (tertiary/aromatic N) is 1. The standard InChI is InChI=1S/C18H28BNO3/c1-17(2)18(3,4)23-19(22-17)15-9-13-7-8-21-12-16(13)14(10-15)11-20(5)6/h9-10H,7-8,11-12H2,1-6H3. The van der Waals surface area contributed by atoms with Crippen molar-refractivity contribution in [3.63, 3.8) is 0 Å². The van der Waals surface area contributed by atoms with Crippen molar-refractivity contribution in [3.05, 3.63) is 28.8 Å². The summed E-state index contributed by atoms with van der Waals surface area (Å²) in [7, 11) is 3.89. The molecule has 0 amide bonds. The van der Waals surface area contributed by atoms with Crippen LogP contribution in [0.5, 0.6) is 0 Å². The van der Waals surface area contributed by atoms with E-state index in [1.165, 1.54) is 16.7 Å². The van der Waals surface area contributed by atoms with Crippen LogP contribution < -0.4 is 5.46 Å². The highest BCUT2D eigenvalue weighted by molar-refractivity contribution is 6.62. The van der Waals surface area contributed by atoms with Gasteiger partial charge in [-0.1, -0.05) is 12.1 Å². The first-order valence-corrected chi connectivity index (χ1v) is 8.42. The van der Waals surface area contributed by atoms with E-state index in [0.29, 0.717) is 6.61 Å². The molecular formula is C18H28BNO3. The van der Waals surface area contributed by atoms with Crippen molar-refractivity contribution in [1.82, 2.24) is 4.90 Å². The van der Waals surface area contributed by atoms with Crippen molar-refractivity contribution >= 4 is 12.6 Å². The summed E-state index contributed by atoms with van der Waals surface area (Å²) in [6, 6.07) is 4.48. The zero-order chi connectivity index (χ0) is 16.8. The summed E-state index contributed by atoms with van der Waals surface area (Å²) in [4.78, 5) is 2.19. The Bertz CT molecular complexity index is 582. The second-order valence-corrected chi connectivity index (χ2v) is 7.95. The number of rotatable bonds is 3. The summed E-state index contributed by atoms with van der Waals surface area (Å²) >= 11 is 0. The third-order valence-electron chi connectivity index (χ3n) is 5.23. The van der Waals surface area contributed by atoms with Gasteiger partial charge in [-0.3, -0.25) is 0 Å². The molecule has 5 heteroatoms. The topological polar surface area (TPSA) is 30.9 Å². The molecule has 1 saturated heterocycles. The van der Waals surface area contributed by atoms with Gasteiger partial charge in [0.1, 0.15) is 0 Å². The molecule has 0 bridgehead atoms. The Morgan fingerprint density at radius 1 is 1.09 bits per heavy atom. The molecule has 0 aliphatic carbocycles. The van der Waals surface area contributed by atoms with Crippen molar-refractivity contribution in [2.75, 3.05) is 20.7 Å². The molecule has 126 valence electrons. The van der Waals surface area contributed by atoms with Gasteiger partial charge in [0.25, 0.3) is 0 Å². The number of hydrogen-bond donors (Lipinski definition) is 0. The quantitative estimate of drug-likeness (QED) is 0.799.